The number of esters is 1. The number of fused-ring (bicyclic) bond motifs is 1. The van der Waals surface area contributed by atoms with Gasteiger partial charge >= 0.3 is 5.97 Å². The number of rotatable bonds is 6. The largest absolute Gasteiger partial charge is 0.493 e. The van der Waals surface area contributed by atoms with Gasteiger partial charge in [-0.15, -0.1) is 0 Å². The Hall–Kier alpha value is -3.12. The van der Waals surface area contributed by atoms with Crippen molar-refractivity contribution < 1.29 is 23.7 Å². The number of carbonyl (C=O) groups is 1. The molecule has 6 heteroatoms. The zero-order chi connectivity index (χ0) is 20.2. The molecule has 0 unspecified atom stereocenters. The third-order valence-corrected chi connectivity index (χ3v) is 5.04. The lowest BCUT2D eigenvalue weighted by Gasteiger charge is -2.13. The summed E-state index contributed by atoms with van der Waals surface area (Å²) in [6.07, 6.45) is 1.91. The molecule has 150 valence electrons. The van der Waals surface area contributed by atoms with Crippen molar-refractivity contribution in [3.05, 3.63) is 54.1 Å². The molecule has 3 aromatic rings. The van der Waals surface area contributed by atoms with E-state index in [0.29, 0.717) is 22.8 Å². The molecule has 0 bridgehead atoms. The molecule has 4 rings (SSSR count). The molecule has 1 fully saturated rings. The highest BCUT2D eigenvalue weighted by molar-refractivity contribution is 6.04. The summed E-state index contributed by atoms with van der Waals surface area (Å²) in [7, 11) is 3.18. The van der Waals surface area contributed by atoms with E-state index in [4.69, 9.17) is 23.9 Å². The standard InChI is InChI=1S/C23H23NO5/c1-26-21-10-9-15(12-22(21)27-2)20-13-18(17-7-3-4-8-19(17)24-20)23(25)29-14-16-6-5-11-28-16/h3-4,7-10,12-13,16H,5-6,11,14H2,1-2H3/t16-/m0/s1. The molecule has 1 aliphatic rings. The number of pyridine rings is 1. The minimum atomic E-state index is -0.374. The van der Waals surface area contributed by atoms with E-state index in [0.717, 1.165) is 35.9 Å². The van der Waals surface area contributed by atoms with Crippen LogP contribution in [0.15, 0.2) is 48.5 Å². The SMILES string of the molecule is COc1ccc(-c2cc(C(=O)OC[C@@H]3CCCO3)c3ccccc3n2)cc1OC. The van der Waals surface area contributed by atoms with E-state index in [9.17, 15) is 4.79 Å². The van der Waals surface area contributed by atoms with Gasteiger partial charge in [0.25, 0.3) is 0 Å². The number of benzene rings is 2. The van der Waals surface area contributed by atoms with Gasteiger partial charge in [-0.2, -0.15) is 0 Å². The molecule has 1 atom stereocenters. The van der Waals surface area contributed by atoms with Gasteiger partial charge in [0, 0.05) is 17.6 Å². The Morgan fingerprint density at radius 3 is 2.69 bits per heavy atom. The number of nitrogens with zero attached hydrogens (tertiary/aromatic N) is 1. The predicted octanol–water partition coefficient (Wildman–Crippen LogP) is 4.25. The molecule has 6 nitrogen and oxygen atoms in total. The average Bonchev–Trinajstić information content (AvgIpc) is 3.30. The maximum Gasteiger partial charge on any atom is 0.338 e. The van der Waals surface area contributed by atoms with Crippen molar-refractivity contribution in [2.75, 3.05) is 27.4 Å². The Labute approximate surface area is 169 Å². The first-order valence-corrected chi connectivity index (χ1v) is 9.60. The molecule has 0 aliphatic carbocycles. The molecular weight excluding hydrogens is 370 g/mol. The first kappa shape index (κ1) is 19.2. The highest BCUT2D eigenvalue weighted by Gasteiger charge is 2.20. The minimum absolute atomic E-state index is 0.0163. The second-order valence-electron chi connectivity index (χ2n) is 6.88. The van der Waals surface area contributed by atoms with Crippen LogP contribution in [0.2, 0.25) is 0 Å². The van der Waals surface area contributed by atoms with E-state index < -0.39 is 0 Å². The quantitative estimate of drug-likeness (QED) is 0.583. The Bertz CT molecular complexity index is 1030. The van der Waals surface area contributed by atoms with Crippen LogP contribution in [0.3, 0.4) is 0 Å². The lowest BCUT2D eigenvalue weighted by molar-refractivity contribution is 0.0163. The number of carbonyl (C=O) groups excluding carboxylic acids is 1. The zero-order valence-electron chi connectivity index (χ0n) is 16.5. The smallest absolute Gasteiger partial charge is 0.338 e. The van der Waals surface area contributed by atoms with Crippen molar-refractivity contribution in [2.45, 2.75) is 18.9 Å². The van der Waals surface area contributed by atoms with E-state index in [1.807, 2.05) is 42.5 Å². The highest BCUT2D eigenvalue weighted by atomic mass is 16.6. The number of aromatic nitrogens is 1. The van der Waals surface area contributed by atoms with Gasteiger partial charge < -0.3 is 18.9 Å². The lowest BCUT2D eigenvalue weighted by atomic mass is 10.0. The van der Waals surface area contributed by atoms with Gasteiger partial charge in [-0.3, -0.25) is 0 Å². The van der Waals surface area contributed by atoms with Crippen molar-refractivity contribution in [3.63, 3.8) is 0 Å². The minimum Gasteiger partial charge on any atom is -0.493 e. The number of hydrogen-bond acceptors (Lipinski definition) is 6. The Kier molecular flexibility index (Phi) is 5.62. The molecular formula is C23H23NO5. The molecule has 2 heterocycles. The summed E-state index contributed by atoms with van der Waals surface area (Å²) < 4.78 is 21.8. The Balaban J connectivity index is 1.71. The molecule has 0 saturated carbocycles. The van der Waals surface area contributed by atoms with Crippen molar-refractivity contribution in [2.24, 2.45) is 0 Å². The van der Waals surface area contributed by atoms with Crippen LogP contribution in [-0.2, 0) is 9.47 Å². The topological polar surface area (TPSA) is 66.9 Å². The molecule has 0 spiro atoms. The van der Waals surface area contributed by atoms with Crippen LogP contribution in [0.4, 0.5) is 0 Å². The van der Waals surface area contributed by atoms with Crippen molar-refractivity contribution >= 4 is 16.9 Å². The van der Waals surface area contributed by atoms with Crippen LogP contribution < -0.4 is 9.47 Å². The van der Waals surface area contributed by atoms with E-state index in [-0.39, 0.29) is 18.7 Å². The number of methoxy groups -OCH3 is 2. The van der Waals surface area contributed by atoms with Crippen molar-refractivity contribution in [3.8, 4) is 22.8 Å². The van der Waals surface area contributed by atoms with Gasteiger partial charge in [-0.1, -0.05) is 18.2 Å². The monoisotopic (exact) mass is 393 g/mol. The maximum atomic E-state index is 12.9. The van der Waals surface area contributed by atoms with Gasteiger partial charge in [0.1, 0.15) is 6.61 Å². The summed E-state index contributed by atoms with van der Waals surface area (Å²) in [5.41, 5.74) is 2.69. The summed E-state index contributed by atoms with van der Waals surface area (Å²) in [5, 5.41) is 0.758. The fourth-order valence-corrected chi connectivity index (χ4v) is 3.51. The fourth-order valence-electron chi connectivity index (χ4n) is 3.51. The Morgan fingerprint density at radius 1 is 1.10 bits per heavy atom. The van der Waals surface area contributed by atoms with Crippen molar-refractivity contribution in [1.82, 2.24) is 4.98 Å². The third kappa shape index (κ3) is 4.03. The molecule has 1 aliphatic heterocycles. The van der Waals surface area contributed by atoms with Crippen molar-refractivity contribution in [1.29, 1.82) is 0 Å². The van der Waals surface area contributed by atoms with E-state index >= 15 is 0 Å². The summed E-state index contributed by atoms with van der Waals surface area (Å²) in [6, 6.07) is 14.9. The van der Waals surface area contributed by atoms with Gasteiger partial charge in [0.2, 0.25) is 0 Å². The molecule has 1 aromatic heterocycles. The van der Waals surface area contributed by atoms with Crippen LogP contribution in [-0.4, -0.2) is 44.5 Å². The van der Waals surface area contributed by atoms with Gasteiger partial charge in [-0.25, -0.2) is 9.78 Å². The maximum absolute atomic E-state index is 12.9. The molecule has 2 aromatic carbocycles. The third-order valence-electron chi connectivity index (χ3n) is 5.04. The molecule has 0 radical (unpaired) electrons. The van der Waals surface area contributed by atoms with Crippen LogP contribution in [0, 0.1) is 0 Å². The van der Waals surface area contributed by atoms with Crippen LogP contribution in [0.1, 0.15) is 23.2 Å². The van der Waals surface area contributed by atoms with Crippen LogP contribution in [0.25, 0.3) is 22.2 Å². The molecule has 0 amide bonds. The summed E-state index contributed by atoms with van der Waals surface area (Å²) >= 11 is 0. The lowest BCUT2D eigenvalue weighted by Crippen LogP contribution is -2.18. The first-order valence-electron chi connectivity index (χ1n) is 9.60. The first-order chi connectivity index (χ1) is 14.2. The number of para-hydroxylation sites is 1. The zero-order valence-corrected chi connectivity index (χ0v) is 16.5. The van der Waals surface area contributed by atoms with Crippen LogP contribution in [0.5, 0.6) is 11.5 Å². The summed E-state index contributed by atoms with van der Waals surface area (Å²) in [6.45, 7) is 0.991. The normalized spacial score (nSPS) is 16.0. The van der Waals surface area contributed by atoms with Gasteiger partial charge in [0.15, 0.2) is 11.5 Å². The van der Waals surface area contributed by atoms with Gasteiger partial charge in [0.05, 0.1) is 37.1 Å². The average molecular weight is 393 g/mol. The van der Waals surface area contributed by atoms with E-state index in [1.165, 1.54) is 0 Å². The second kappa shape index (κ2) is 8.49. The van der Waals surface area contributed by atoms with E-state index in [1.54, 1.807) is 20.3 Å². The van der Waals surface area contributed by atoms with Gasteiger partial charge in [-0.05, 0) is 43.2 Å². The summed E-state index contributed by atoms with van der Waals surface area (Å²) in [4.78, 5) is 17.6. The molecule has 29 heavy (non-hydrogen) atoms. The van der Waals surface area contributed by atoms with E-state index in [2.05, 4.69) is 0 Å². The number of hydrogen-bond donors (Lipinski definition) is 0. The Morgan fingerprint density at radius 2 is 1.93 bits per heavy atom. The predicted molar refractivity (Wildman–Crippen MR) is 110 cm³/mol. The highest BCUT2D eigenvalue weighted by Crippen LogP contribution is 2.33. The molecule has 1 saturated heterocycles. The second-order valence-corrected chi connectivity index (χ2v) is 6.88. The fraction of sp³-hybridized carbons (Fsp3) is 0.304. The van der Waals surface area contributed by atoms with Crippen LogP contribution >= 0.6 is 0 Å². The molecule has 0 N–H and O–H groups in total. The number of ether oxygens (including phenoxy) is 4. The summed E-state index contributed by atoms with van der Waals surface area (Å²) in [5.74, 6) is 0.858.